The van der Waals surface area contributed by atoms with Gasteiger partial charge in [-0.05, 0) is 62.1 Å². The molecule has 3 atom stereocenters. The Balaban J connectivity index is 1.65. The molecule has 1 saturated carbocycles. The smallest absolute Gasteiger partial charge is 0.303 e. The Hall–Kier alpha value is -3.32. The summed E-state index contributed by atoms with van der Waals surface area (Å²) in [6.45, 7) is 7.40. The highest BCUT2D eigenvalue weighted by Gasteiger charge is 2.60. The standard InChI is InChI=1S/C27H32N2O5/c1-3-13-29-14-12-26(22-5-4-6-24(31)16-22)17-23(9-11-27(26,19-29)34-20(2)30)28-25(32)8-7-21-10-15-33-18-21/h3-8,10,15-16,18,23,31H,1,9,11-14,17,19H2,2H3,(H,28,32)/t23-,26-,27-/m0/s1. The number of amides is 1. The van der Waals surface area contributed by atoms with Crippen molar-refractivity contribution in [3.05, 3.63) is 72.7 Å². The Morgan fingerprint density at radius 1 is 1.35 bits per heavy atom. The summed E-state index contributed by atoms with van der Waals surface area (Å²) >= 11 is 0. The first kappa shape index (κ1) is 23.8. The molecule has 4 rings (SSSR count). The lowest BCUT2D eigenvalue weighted by Gasteiger charge is -2.59. The minimum absolute atomic E-state index is 0.0986. The van der Waals surface area contributed by atoms with Gasteiger partial charge in [-0.3, -0.25) is 14.5 Å². The van der Waals surface area contributed by atoms with Crippen LogP contribution in [0.25, 0.3) is 6.08 Å². The Labute approximate surface area is 200 Å². The third-order valence-electron chi connectivity index (χ3n) is 7.14. The molecule has 180 valence electrons. The Kier molecular flexibility index (Phi) is 6.93. The maximum absolute atomic E-state index is 12.7. The lowest BCUT2D eigenvalue weighted by atomic mass is 9.55. The van der Waals surface area contributed by atoms with Gasteiger partial charge in [-0.1, -0.05) is 18.2 Å². The van der Waals surface area contributed by atoms with Gasteiger partial charge in [0, 0.05) is 43.1 Å². The van der Waals surface area contributed by atoms with E-state index in [9.17, 15) is 14.7 Å². The second kappa shape index (κ2) is 9.89. The molecule has 34 heavy (non-hydrogen) atoms. The number of carbonyl (C=O) groups excluding carboxylic acids is 2. The number of esters is 1. The highest BCUT2D eigenvalue weighted by Crippen LogP contribution is 2.54. The fourth-order valence-electron chi connectivity index (χ4n) is 5.74. The van der Waals surface area contributed by atoms with Crippen LogP contribution in [-0.2, 0) is 19.7 Å². The number of furan rings is 1. The van der Waals surface area contributed by atoms with Crippen molar-refractivity contribution >= 4 is 18.0 Å². The molecule has 0 radical (unpaired) electrons. The zero-order valence-electron chi connectivity index (χ0n) is 19.5. The monoisotopic (exact) mass is 464 g/mol. The van der Waals surface area contributed by atoms with Crippen LogP contribution in [-0.4, -0.2) is 53.2 Å². The molecule has 0 bridgehead atoms. The van der Waals surface area contributed by atoms with Crippen LogP contribution in [0.3, 0.4) is 0 Å². The largest absolute Gasteiger partial charge is 0.508 e. The van der Waals surface area contributed by atoms with E-state index < -0.39 is 11.0 Å². The van der Waals surface area contributed by atoms with Gasteiger partial charge in [0.2, 0.25) is 5.91 Å². The molecule has 0 unspecified atom stereocenters. The van der Waals surface area contributed by atoms with E-state index in [4.69, 9.17) is 9.15 Å². The summed E-state index contributed by atoms with van der Waals surface area (Å²) in [6.07, 6.45) is 10.8. The van der Waals surface area contributed by atoms with Crippen molar-refractivity contribution in [1.29, 1.82) is 0 Å². The first-order valence-electron chi connectivity index (χ1n) is 11.7. The van der Waals surface area contributed by atoms with Crippen LogP contribution in [0.2, 0.25) is 0 Å². The maximum Gasteiger partial charge on any atom is 0.303 e. The fourth-order valence-corrected chi connectivity index (χ4v) is 5.74. The third kappa shape index (κ3) is 4.80. The Morgan fingerprint density at radius 3 is 2.91 bits per heavy atom. The summed E-state index contributed by atoms with van der Waals surface area (Å²) in [5, 5.41) is 13.4. The molecule has 2 aromatic rings. The van der Waals surface area contributed by atoms with E-state index in [0.717, 1.165) is 24.1 Å². The molecular formula is C27H32N2O5. The molecule has 2 N–H and O–H groups in total. The van der Waals surface area contributed by atoms with Crippen LogP contribution < -0.4 is 5.32 Å². The molecule has 2 fully saturated rings. The quantitative estimate of drug-likeness (QED) is 0.368. The number of phenolic OH excluding ortho intramolecular Hbond substituents is 1. The molecule has 7 heteroatoms. The number of hydrogen-bond acceptors (Lipinski definition) is 6. The van der Waals surface area contributed by atoms with Crippen LogP contribution in [0.1, 0.15) is 43.7 Å². The number of likely N-dealkylation sites (tertiary alicyclic amines) is 1. The van der Waals surface area contributed by atoms with Gasteiger partial charge in [-0.2, -0.15) is 0 Å². The zero-order valence-corrected chi connectivity index (χ0v) is 19.5. The van der Waals surface area contributed by atoms with Crippen molar-refractivity contribution in [1.82, 2.24) is 10.2 Å². The third-order valence-corrected chi connectivity index (χ3v) is 7.14. The van der Waals surface area contributed by atoms with E-state index in [1.165, 1.54) is 13.0 Å². The average Bonchev–Trinajstić information content (AvgIpc) is 3.31. The van der Waals surface area contributed by atoms with Crippen LogP contribution in [0.15, 0.2) is 66.0 Å². The molecule has 1 aliphatic heterocycles. The predicted molar refractivity (Wildman–Crippen MR) is 129 cm³/mol. The van der Waals surface area contributed by atoms with E-state index in [-0.39, 0.29) is 23.7 Å². The topological polar surface area (TPSA) is 92.0 Å². The Bertz CT molecular complexity index is 1060. The summed E-state index contributed by atoms with van der Waals surface area (Å²) < 4.78 is 11.2. The van der Waals surface area contributed by atoms with Gasteiger partial charge in [0.05, 0.1) is 12.5 Å². The summed E-state index contributed by atoms with van der Waals surface area (Å²) in [5.41, 5.74) is 0.444. The van der Waals surface area contributed by atoms with Crippen LogP contribution in [0.5, 0.6) is 5.75 Å². The zero-order chi connectivity index (χ0) is 24.2. The van der Waals surface area contributed by atoms with Crippen LogP contribution >= 0.6 is 0 Å². The second-order valence-electron chi connectivity index (χ2n) is 9.33. The van der Waals surface area contributed by atoms with E-state index >= 15 is 0 Å². The summed E-state index contributed by atoms with van der Waals surface area (Å²) in [5.74, 6) is -0.330. The van der Waals surface area contributed by atoms with E-state index in [2.05, 4.69) is 16.8 Å². The molecule has 1 saturated heterocycles. The molecule has 1 aliphatic carbocycles. The number of aromatic hydroxyl groups is 1. The second-order valence-corrected chi connectivity index (χ2v) is 9.33. The van der Waals surface area contributed by atoms with Gasteiger partial charge in [0.15, 0.2) is 0 Å². The molecule has 1 amide bonds. The highest BCUT2D eigenvalue weighted by molar-refractivity contribution is 5.91. The number of carbonyl (C=O) groups is 2. The lowest BCUT2D eigenvalue weighted by molar-refractivity contribution is -0.186. The van der Waals surface area contributed by atoms with Crippen LogP contribution in [0.4, 0.5) is 0 Å². The van der Waals surface area contributed by atoms with E-state index in [0.29, 0.717) is 32.4 Å². The number of benzene rings is 1. The first-order chi connectivity index (χ1) is 16.4. The molecule has 1 aromatic heterocycles. The average molecular weight is 465 g/mol. The number of hydrogen-bond donors (Lipinski definition) is 2. The van der Waals surface area contributed by atoms with Crippen molar-refractivity contribution in [2.45, 2.75) is 49.7 Å². The fraction of sp³-hybridized carbons (Fsp3) is 0.407. The lowest BCUT2D eigenvalue weighted by Crippen LogP contribution is -2.68. The van der Waals surface area contributed by atoms with Crippen LogP contribution in [0, 0.1) is 0 Å². The SMILES string of the molecule is C=CCN1CC[C@@]2(c3cccc(O)c3)C[C@@H](NC(=O)C=Cc3ccoc3)CC[C@]2(OC(C)=O)C1. The molecule has 2 aliphatic rings. The van der Waals surface area contributed by atoms with Gasteiger partial charge < -0.3 is 19.6 Å². The van der Waals surface area contributed by atoms with Crippen molar-refractivity contribution < 1.29 is 23.8 Å². The highest BCUT2D eigenvalue weighted by atomic mass is 16.6. The van der Waals surface area contributed by atoms with Gasteiger partial charge in [-0.15, -0.1) is 6.58 Å². The minimum atomic E-state index is -0.762. The number of fused-ring (bicyclic) bond motifs is 1. The van der Waals surface area contributed by atoms with Crippen molar-refractivity contribution in [2.75, 3.05) is 19.6 Å². The van der Waals surface area contributed by atoms with Gasteiger partial charge in [0.25, 0.3) is 0 Å². The Morgan fingerprint density at radius 2 is 2.21 bits per heavy atom. The minimum Gasteiger partial charge on any atom is -0.508 e. The van der Waals surface area contributed by atoms with E-state index in [1.54, 1.807) is 36.8 Å². The predicted octanol–water partition coefficient (Wildman–Crippen LogP) is 3.80. The number of rotatable bonds is 7. The van der Waals surface area contributed by atoms with Crippen molar-refractivity contribution in [2.24, 2.45) is 0 Å². The van der Waals surface area contributed by atoms with Gasteiger partial charge >= 0.3 is 5.97 Å². The molecular weight excluding hydrogens is 432 g/mol. The van der Waals surface area contributed by atoms with Gasteiger partial charge in [0.1, 0.15) is 11.4 Å². The van der Waals surface area contributed by atoms with E-state index in [1.807, 2.05) is 18.2 Å². The summed E-state index contributed by atoms with van der Waals surface area (Å²) in [7, 11) is 0. The number of phenols is 1. The number of piperidine rings is 1. The summed E-state index contributed by atoms with van der Waals surface area (Å²) in [6, 6.07) is 8.91. The first-order valence-corrected chi connectivity index (χ1v) is 11.7. The number of nitrogens with zero attached hydrogens (tertiary/aromatic N) is 1. The normalized spacial score (nSPS) is 27.1. The molecule has 0 spiro atoms. The number of nitrogens with one attached hydrogen (secondary N) is 1. The maximum atomic E-state index is 12.7. The molecule has 7 nitrogen and oxygen atoms in total. The summed E-state index contributed by atoms with van der Waals surface area (Å²) in [4.78, 5) is 27.3. The van der Waals surface area contributed by atoms with Crippen molar-refractivity contribution in [3.8, 4) is 5.75 Å². The number of ether oxygens (including phenoxy) is 1. The van der Waals surface area contributed by atoms with Crippen molar-refractivity contribution in [3.63, 3.8) is 0 Å². The molecule has 2 heterocycles. The van der Waals surface area contributed by atoms with Gasteiger partial charge in [-0.25, -0.2) is 0 Å². The molecule has 1 aromatic carbocycles.